The van der Waals surface area contributed by atoms with E-state index < -0.39 is 26.5 Å². The largest absolute Gasteiger partial charge is 0.472 e. The number of phosphoric acid groups is 1. The molecule has 0 aliphatic rings. The van der Waals surface area contributed by atoms with Crippen LogP contribution in [-0.4, -0.2) is 74.9 Å². The van der Waals surface area contributed by atoms with Crippen LogP contribution in [0.4, 0.5) is 0 Å². The quantitative estimate of drug-likeness (QED) is 0.0278. The third-order valence-corrected chi connectivity index (χ3v) is 17.1. The molecule has 0 aliphatic carbocycles. The Morgan fingerprint density at radius 3 is 0.821 bits per heavy atom. The van der Waals surface area contributed by atoms with Crippen molar-refractivity contribution in [3.8, 4) is 0 Å². The fourth-order valence-electron chi connectivity index (χ4n) is 10.8. The number of phosphoric ester groups is 1. The van der Waals surface area contributed by atoms with Gasteiger partial charge in [-0.15, -0.1) is 0 Å². The van der Waals surface area contributed by atoms with Crippen LogP contribution in [0.1, 0.15) is 373 Å². The number of rotatable bonds is 66. The molecule has 0 aromatic carbocycles. The predicted molar refractivity (Wildman–Crippen MR) is 335 cm³/mol. The Balaban J connectivity index is 3.91. The SMILES string of the molecule is CCCCCCCCCCCCCCCCCCCCCCCCCCCCCCCCCCCCCC(=O)OC(COC(=O)CCCCCCCCCCCCCCCCCCCCC)COP(=O)(O)OCC[N+](C)(C)C. The van der Waals surface area contributed by atoms with Crippen LogP contribution >= 0.6 is 7.82 Å². The molecular formula is C68H137NO8P+. The van der Waals surface area contributed by atoms with E-state index in [0.717, 1.165) is 38.5 Å². The van der Waals surface area contributed by atoms with E-state index in [9.17, 15) is 19.0 Å². The van der Waals surface area contributed by atoms with E-state index in [-0.39, 0.29) is 25.6 Å². The van der Waals surface area contributed by atoms with Gasteiger partial charge in [0.25, 0.3) is 0 Å². The first-order valence-electron chi connectivity index (χ1n) is 34.8. The van der Waals surface area contributed by atoms with Crippen LogP contribution in [0, 0.1) is 0 Å². The van der Waals surface area contributed by atoms with Crippen LogP contribution in [0.3, 0.4) is 0 Å². The third-order valence-electron chi connectivity index (χ3n) is 16.1. The fraction of sp³-hybridized carbons (Fsp3) is 0.971. The highest BCUT2D eigenvalue weighted by Gasteiger charge is 2.27. The van der Waals surface area contributed by atoms with Gasteiger partial charge in [-0.25, -0.2) is 4.57 Å². The summed E-state index contributed by atoms with van der Waals surface area (Å²) in [5.74, 6) is -0.769. The number of likely N-dealkylation sites (N-methyl/N-ethyl adjacent to an activating group) is 1. The van der Waals surface area contributed by atoms with Crippen molar-refractivity contribution in [2.24, 2.45) is 0 Å². The molecule has 2 unspecified atom stereocenters. The van der Waals surface area contributed by atoms with Crippen molar-refractivity contribution < 1.29 is 42.1 Å². The maximum Gasteiger partial charge on any atom is 0.472 e. The van der Waals surface area contributed by atoms with Crippen molar-refractivity contribution in [2.75, 3.05) is 47.5 Å². The van der Waals surface area contributed by atoms with Crippen molar-refractivity contribution in [1.29, 1.82) is 0 Å². The summed E-state index contributed by atoms with van der Waals surface area (Å²) in [5.41, 5.74) is 0. The zero-order valence-corrected chi connectivity index (χ0v) is 54.1. The number of unbranched alkanes of at least 4 members (excludes halogenated alkanes) is 52. The lowest BCUT2D eigenvalue weighted by molar-refractivity contribution is -0.870. The maximum atomic E-state index is 12.9. The molecule has 466 valence electrons. The standard InChI is InChI=1S/C68H136NO8P/c1-6-8-10-12-14-16-18-20-22-24-26-27-28-29-30-31-32-33-34-35-36-37-38-39-40-41-43-45-47-49-51-53-55-57-59-61-68(71)77-66(65-76-78(72,73)75-63-62-69(3,4)5)64-74-67(70)60-58-56-54-52-50-48-46-44-42-25-23-21-19-17-15-13-11-9-7-2/h66H,6-65H2,1-5H3/p+1. The van der Waals surface area contributed by atoms with E-state index in [4.69, 9.17) is 18.5 Å². The average Bonchev–Trinajstić information content (AvgIpc) is 3.41. The zero-order chi connectivity index (χ0) is 57.0. The van der Waals surface area contributed by atoms with Crippen LogP contribution < -0.4 is 0 Å². The summed E-state index contributed by atoms with van der Waals surface area (Å²) in [4.78, 5) is 35.8. The highest BCUT2D eigenvalue weighted by Crippen LogP contribution is 2.43. The molecule has 10 heteroatoms. The number of nitrogens with zero attached hydrogens (tertiary/aromatic N) is 1. The molecule has 0 saturated carbocycles. The van der Waals surface area contributed by atoms with Crippen LogP contribution in [0.2, 0.25) is 0 Å². The van der Waals surface area contributed by atoms with Gasteiger partial charge in [-0.1, -0.05) is 348 Å². The van der Waals surface area contributed by atoms with Crippen LogP contribution in [0.15, 0.2) is 0 Å². The number of esters is 2. The number of hydrogen-bond donors (Lipinski definition) is 1. The Kier molecular flexibility index (Phi) is 59.8. The molecule has 0 aliphatic heterocycles. The zero-order valence-electron chi connectivity index (χ0n) is 53.2. The molecule has 0 spiro atoms. The molecule has 78 heavy (non-hydrogen) atoms. The Morgan fingerprint density at radius 1 is 0.346 bits per heavy atom. The number of ether oxygens (including phenoxy) is 2. The first-order chi connectivity index (χ1) is 38.0. The maximum absolute atomic E-state index is 12.9. The van der Waals surface area contributed by atoms with E-state index >= 15 is 0 Å². The molecule has 1 N–H and O–H groups in total. The minimum absolute atomic E-state index is 0.0376. The summed E-state index contributed by atoms with van der Waals surface area (Å²) in [5, 5.41) is 0. The van der Waals surface area contributed by atoms with Gasteiger partial charge in [0.05, 0.1) is 27.7 Å². The molecule has 9 nitrogen and oxygen atoms in total. The van der Waals surface area contributed by atoms with Gasteiger partial charge in [0.1, 0.15) is 19.8 Å². The third kappa shape index (κ3) is 64.2. The van der Waals surface area contributed by atoms with Crippen molar-refractivity contribution in [1.82, 2.24) is 0 Å². The van der Waals surface area contributed by atoms with E-state index in [1.54, 1.807) is 0 Å². The summed E-state index contributed by atoms with van der Waals surface area (Å²) < 4.78 is 34.7. The second kappa shape index (κ2) is 60.6. The lowest BCUT2D eigenvalue weighted by Gasteiger charge is -2.24. The second-order valence-corrected chi connectivity index (χ2v) is 26.7. The predicted octanol–water partition coefficient (Wildman–Crippen LogP) is 22.2. The van der Waals surface area contributed by atoms with Gasteiger partial charge in [-0.3, -0.25) is 18.6 Å². The van der Waals surface area contributed by atoms with Gasteiger partial charge in [0, 0.05) is 12.8 Å². The molecule has 2 atom stereocenters. The minimum atomic E-state index is -4.38. The monoisotopic (exact) mass is 1130 g/mol. The summed E-state index contributed by atoms with van der Waals surface area (Å²) in [6, 6.07) is 0. The molecule has 0 rings (SSSR count). The molecule has 0 heterocycles. The van der Waals surface area contributed by atoms with Gasteiger partial charge >= 0.3 is 19.8 Å². The molecule has 0 amide bonds. The van der Waals surface area contributed by atoms with Crippen LogP contribution in [0.5, 0.6) is 0 Å². The van der Waals surface area contributed by atoms with E-state index in [0.29, 0.717) is 17.4 Å². The van der Waals surface area contributed by atoms with E-state index in [1.807, 2.05) is 21.1 Å². The molecule has 0 aromatic rings. The average molecular weight is 1130 g/mol. The lowest BCUT2D eigenvalue weighted by atomic mass is 10.0. The Bertz CT molecular complexity index is 1280. The van der Waals surface area contributed by atoms with Crippen molar-refractivity contribution in [2.45, 2.75) is 380 Å². The number of quaternary nitrogens is 1. The molecule has 0 fully saturated rings. The van der Waals surface area contributed by atoms with Crippen LogP contribution in [-0.2, 0) is 32.7 Å². The molecule has 0 aromatic heterocycles. The highest BCUT2D eigenvalue weighted by molar-refractivity contribution is 7.47. The van der Waals surface area contributed by atoms with Gasteiger partial charge < -0.3 is 18.9 Å². The minimum Gasteiger partial charge on any atom is -0.462 e. The van der Waals surface area contributed by atoms with Gasteiger partial charge in [-0.2, -0.15) is 0 Å². The normalized spacial score (nSPS) is 13.1. The summed E-state index contributed by atoms with van der Waals surface area (Å²) in [6.07, 6.45) is 72.2. The van der Waals surface area contributed by atoms with Crippen molar-refractivity contribution in [3.05, 3.63) is 0 Å². The van der Waals surface area contributed by atoms with Crippen LogP contribution in [0.25, 0.3) is 0 Å². The Morgan fingerprint density at radius 2 is 0.577 bits per heavy atom. The Hall–Kier alpha value is -0.990. The molecule has 0 bridgehead atoms. The highest BCUT2D eigenvalue weighted by atomic mass is 31.2. The molecule has 0 saturated heterocycles. The van der Waals surface area contributed by atoms with Gasteiger partial charge in [0.15, 0.2) is 6.10 Å². The first-order valence-corrected chi connectivity index (χ1v) is 36.3. The van der Waals surface area contributed by atoms with Crippen molar-refractivity contribution >= 4 is 19.8 Å². The van der Waals surface area contributed by atoms with Gasteiger partial charge in [-0.05, 0) is 12.8 Å². The Labute approximate surface area is 486 Å². The number of hydrogen-bond acceptors (Lipinski definition) is 7. The first kappa shape index (κ1) is 77.0. The molecule has 0 radical (unpaired) electrons. The van der Waals surface area contributed by atoms with Crippen molar-refractivity contribution in [3.63, 3.8) is 0 Å². The topological polar surface area (TPSA) is 108 Å². The van der Waals surface area contributed by atoms with Gasteiger partial charge in [0.2, 0.25) is 0 Å². The number of carbonyl (C=O) groups is 2. The summed E-state index contributed by atoms with van der Waals surface area (Å²) >= 11 is 0. The van der Waals surface area contributed by atoms with E-state index in [1.165, 1.54) is 308 Å². The second-order valence-electron chi connectivity index (χ2n) is 25.3. The summed E-state index contributed by atoms with van der Waals surface area (Å²) in [6.45, 7) is 4.52. The van der Waals surface area contributed by atoms with E-state index in [2.05, 4.69) is 13.8 Å². The summed E-state index contributed by atoms with van der Waals surface area (Å²) in [7, 11) is 1.51. The molecular weight excluding hydrogens is 990 g/mol. The lowest BCUT2D eigenvalue weighted by Crippen LogP contribution is -2.37. The fourth-order valence-corrected chi connectivity index (χ4v) is 11.5. The number of carbonyl (C=O) groups excluding carboxylic acids is 2. The smallest absolute Gasteiger partial charge is 0.462 e.